The van der Waals surface area contributed by atoms with Gasteiger partial charge in [0.2, 0.25) is 0 Å². The summed E-state index contributed by atoms with van der Waals surface area (Å²) in [6, 6.07) is 7.25. The monoisotopic (exact) mass is 463 g/mol. The molecule has 2 N–H and O–H groups in total. The second-order valence-corrected chi connectivity index (χ2v) is 7.99. The van der Waals surface area contributed by atoms with Crippen LogP contribution in [0.4, 0.5) is 18.0 Å². The quantitative estimate of drug-likeness (QED) is 0.575. The molecule has 0 radical (unpaired) electrons. The Kier molecular flexibility index (Phi) is 6.46. The normalized spacial score (nSPS) is 18.8. The number of benzene rings is 1. The van der Waals surface area contributed by atoms with Crippen molar-refractivity contribution >= 4 is 12.0 Å². The predicted molar refractivity (Wildman–Crippen MR) is 112 cm³/mol. The van der Waals surface area contributed by atoms with Gasteiger partial charge in [0.15, 0.2) is 0 Å². The number of amides is 2. The molecule has 2 aromatic rings. The summed E-state index contributed by atoms with van der Waals surface area (Å²) in [6.07, 6.45) is -1.09. The first kappa shape index (κ1) is 22.9. The van der Waals surface area contributed by atoms with E-state index in [1.54, 1.807) is 19.1 Å². The van der Waals surface area contributed by atoms with Gasteiger partial charge in [-0.1, -0.05) is 12.1 Å². The third-order valence-corrected chi connectivity index (χ3v) is 5.57. The number of halogens is 3. The maximum Gasteiger partial charge on any atom is 0.416 e. The van der Waals surface area contributed by atoms with Crippen LogP contribution in [0, 0.1) is 0 Å². The zero-order valence-corrected chi connectivity index (χ0v) is 17.9. The highest BCUT2D eigenvalue weighted by Gasteiger charge is 2.38. The molecule has 0 spiro atoms. The molecule has 1 aromatic carbocycles. The fraction of sp³-hybridized carbons (Fsp3) is 0.391. The summed E-state index contributed by atoms with van der Waals surface area (Å²) in [5.41, 5.74) is 0.626. The Morgan fingerprint density at radius 3 is 2.48 bits per heavy atom. The molecule has 2 heterocycles. The molecule has 2 amide bonds. The van der Waals surface area contributed by atoms with E-state index in [1.807, 2.05) is 4.90 Å². The predicted octanol–water partition coefficient (Wildman–Crippen LogP) is 4.13. The lowest BCUT2D eigenvalue weighted by molar-refractivity contribution is -0.139. The van der Waals surface area contributed by atoms with Gasteiger partial charge in [0.05, 0.1) is 24.0 Å². The number of nitrogens with one attached hydrogen (secondary N) is 2. The molecule has 1 atom stereocenters. The van der Waals surface area contributed by atoms with Gasteiger partial charge < -0.3 is 19.8 Å². The number of hydrogen-bond acceptors (Lipinski definition) is 5. The van der Waals surface area contributed by atoms with Gasteiger partial charge >= 0.3 is 18.2 Å². The molecule has 1 aliphatic heterocycles. The smallest absolute Gasteiger partial charge is 0.416 e. The minimum Gasteiger partial charge on any atom is -0.467 e. The number of alkyl halides is 3. The molecular formula is C23H24F3N3O4. The number of urea groups is 1. The summed E-state index contributed by atoms with van der Waals surface area (Å²) >= 11 is 0. The zero-order chi connectivity index (χ0) is 23.6. The van der Waals surface area contributed by atoms with Crippen molar-refractivity contribution in [2.24, 2.45) is 0 Å². The zero-order valence-electron chi connectivity index (χ0n) is 17.9. The van der Waals surface area contributed by atoms with E-state index in [-0.39, 0.29) is 24.8 Å². The summed E-state index contributed by atoms with van der Waals surface area (Å²) in [7, 11) is 0. The molecule has 7 nitrogen and oxygen atoms in total. The molecule has 2 aliphatic rings. The third-order valence-electron chi connectivity index (χ3n) is 5.57. The van der Waals surface area contributed by atoms with E-state index >= 15 is 0 Å². The molecule has 10 heteroatoms. The van der Waals surface area contributed by atoms with Crippen LogP contribution in [0.3, 0.4) is 0 Å². The van der Waals surface area contributed by atoms with E-state index in [2.05, 4.69) is 10.6 Å². The van der Waals surface area contributed by atoms with Gasteiger partial charge in [0.25, 0.3) is 0 Å². The van der Waals surface area contributed by atoms with Crippen LogP contribution in [-0.2, 0) is 22.3 Å². The number of nitrogens with zero attached hydrogens (tertiary/aromatic N) is 1. The van der Waals surface area contributed by atoms with Crippen molar-refractivity contribution in [1.82, 2.24) is 15.5 Å². The summed E-state index contributed by atoms with van der Waals surface area (Å²) < 4.78 is 49.3. The lowest BCUT2D eigenvalue weighted by Gasteiger charge is -2.31. The molecule has 4 rings (SSSR count). The minimum atomic E-state index is -4.39. The minimum absolute atomic E-state index is 0.159. The van der Waals surface area contributed by atoms with E-state index in [9.17, 15) is 22.8 Å². The average molecular weight is 463 g/mol. The van der Waals surface area contributed by atoms with Crippen LogP contribution >= 0.6 is 0 Å². The van der Waals surface area contributed by atoms with Crippen LogP contribution in [0.25, 0.3) is 0 Å². The number of esters is 1. The molecule has 1 aliphatic carbocycles. The number of furan rings is 1. The maximum atomic E-state index is 12.9. The van der Waals surface area contributed by atoms with Crippen molar-refractivity contribution in [3.8, 4) is 0 Å². The Bertz CT molecular complexity index is 1030. The molecule has 176 valence electrons. The second kappa shape index (κ2) is 9.30. The van der Waals surface area contributed by atoms with Gasteiger partial charge in [-0.25, -0.2) is 9.59 Å². The Balaban J connectivity index is 1.62. The van der Waals surface area contributed by atoms with Crippen LogP contribution in [0.2, 0.25) is 0 Å². The van der Waals surface area contributed by atoms with Crippen LogP contribution in [0.5, 0.6) is 0 Å². The molecule has 1 aromatic heterocycles. The van der Waals surface area contributed by atoms with Crippen LogP contribution in [0.1, 0.15) is 42.7 Å². The summed E-state index contributed by atoms with van der Waals surface area (Å²) in [6.45, 7) is 2.45. The average Bonchev–Trinajstić information content (AvgIpc) is 3.46. The Morgan fingerprint density at radius 1 is 1.18 bits per heavy atom. The molecule has 1 unspecified atom stereocenters. The number of ether oxygens (including phenoxy) is 1. The highest BCUT2D eigenvalue weighted by atomic mass is 19.4. The molecular weight excluding hydrogens is 439 g/mol. The SMILES string of the molecule is CCOC(=O)C1=C(CN(Cc2ccc(C(F)(F)F)cc2)C2CC2)NC(=O)NC1c1ccco1. The van der Waals surface area contributed by atoms with Crippen LogP contribution in [0.15, 0.2) is 58.3 Å². The van der Waals surface area contributed by atoms with E-state index in [4.69, 9.17) is 9.15 Å². The number of carbonyl (C=O) groups excluding carboxylic acids is 2. The van der Waals surface area contributed by atoms with Gasteiger partial charge in [-0.2, -0.15) is 13.2 Å². The van der Waals surface area contributed by atoms with Gasteiger partial charge in [0, 0.05) is 24.8 Å². The maximum absolute atomic E-state index is 12.9. The number of hydrogen-bond donors (Lipinski definition) is 2. The molecule has 0 bridgehead atoms. The van der Waals surface area contributed by atoms with E-state index in [0.29, 0.717) is 23.6 Å². The van der Waals surface area contributed by atoms with Crippen molar-refractivity contribution in [2.45, 2.75) is 44.6 Å². The van der Waals surface area contributed by atoms with Crippen molar-refractivity contribution in [2.75, 3.05) is 13.2 Å². The van der Waals surface area contributed by atoms with E-state index in [1.165, 1.54) is 18.4 Å². The number of carbonyl (C=O) groups is 2. The molecule has 0 saturated heterocycles. The van der Waals surface area contributed by atoms with Crippen LogP contribution < -0.4 is 10.6 Å². The second-order valence-electron chi connectivity index (χ2n) is 7.99. The third kappa shape index (κ3) is 5.39. The molecule has 1 fully saturated rings. The molecule has 33 heavy (non-hydrogen) atoms. The Hall–Kier alpha value is -3.27. The largest absolute Gasteiger partial charge is 0.467 e. The Morgan fingerprint density at radius 2 is 1.91 bits per heavy atom. The molecule has 1 saturated carbocycles. The Labute approximate surface area is 188 Å². The van der Waals surface area contributed by atoms with Gasteiger partial charge in [-0.05, 0) is 49.6 Å². The van der Waals surface area contributed by atoms with Gasteiger partial charge in [-0.15, -0.1) is 0 Å². The standard InChI is InChI=1S/C23H24F3N3O4/c1-2-32-21(30)19-17(27-22(31)28-20(19)18-4-3-11-33-18)13-29(16-9-10-16)12-14-5-7-15(8-6-14)23(24,25)26/h3-8,11,16,20H,2,9-10,12-13H2,1H3,(H2,27,28,31). The van der Waals surface area contributed by atoms with Crippen molar-refractivity contribution in [1.29, 1.82) is 0 Å². The fourth-order valence-corrected chi connectivity index (χ4v) is 3.85. The highest BCUT2D eigenvalue weighted by Crippen LogP contribution is 2.33. The fourth-order valence-electron chi connectivity index (χ4n) is 3.85. The summed E-state index contributed by atoms with van der Waals surface area (Å²) in [4.78, 5) is 27.3. The summed E-state index contributed by atoms with van der Waals surface area (Å²) in [5.74, 6) is -0.183. The first-order valence-corrected chi connectivity index (χ1v) is 10.7. The van der Waals surface area contributed by atoms with Gasteiger partial charge in [0.1, 0.15) is 11.8 Å². The summed E-state index contributed by atoms with van der Waals surface area (Å²) in [5, 5.41) is 5.42. The van der Waals surface area contributed by atoms with Gasteiger partial charge in [-0.3, -0.25) is 4.90 Å². The topological polar surface area (TPSA) is 83.8 Å². The highest BCUT2D eigenvalue weighted by molar-refractivity contribution is 5.95. The first-order chi connectivity index (χ1) is 15.8. The van der Waals surface area contributed by atoms with Crippen molar-refractivity contribution < 1.29 is 31.9 Å². The number of rotatable bonds is 8. The van der Waals surface area contributed by atoms with Crippen molar-refractivity contribution in [3.05, 3.63) is 70.8 Å². The van der Waals surface area contributed by atoms with Crippen molar-refractivity contribution in [3.63, 3.8) is 0 Å². The first-order valence-electron chi connectivity index (χ1n) is 10.7. The van der Waals surface area contributed by atoms with E-state index < -0.39 is 29.8 Å². The van der Waals surface area contributed by atoms with Crippen LogP contribution in [-0.4, -0.2) is 36.1 Å². The lowest BCUT2D eigenvalue weighted by Crippen LogP contribution is -2.48. The lowest BCUT2D eigenvalue weighted by atomic mass is 9.99. The van der Waals surface area contributed by atoms with E-state index in [0.717, 1.165) is 25.0 Å².